The van der Waals surface area contributed by atoms with Crippen LogP contribution in [-0.2, 0) is 10.3 Å². The number of hydrogen-bond donors (Lipinski definition) is 1. The van der Waals surface area contributed by atoms with Gasteiger partial charge in [-0.2, -0.15) is 13.2 Å². The predicted molar refractivity (Wildman–Crippen MR) is 124 cm³/mol. The Morgan fingerprint density at radius 1 is 1.14 bits per heavy atom. The first kappa shape index (κ1) is 25.6. The van der Waals surface area contributed by atoms with Crippen LogP contribution in [0.4, 0.5) is 17.6 Å². The van der Waals surface area contributed by atoms with Gasteiger partial charge in [0.2, 0.25) is 0 Å². The van der Waals surface area contributed by atoms with Crippen molar-refractivity contribution in [3.63, 3.8) is 0 Å². The lowest BCUT2D eigenvalue weighted by molar-refractivity contribution is -0.205. The minimum Gasteiger partial charge on any atom is -0.386 e. The SMILES string of the molecule is CC(C)(O)c1ccc(C(=O)N2CCC3(CC2)CN(CC(F)(F)F)CC(c2ccccc2)O3)cc1F.[HH]. The van der Waals surface area contributed by atoms with Gasteiger partial charge < -0.3 is 14.7 Å². The summed E-state index contributed by atoms with van der Waals surface area (Å²) in [6.07, 6.45) is -4.07. The van der Waals surface area contributed by atoms with E-state index in [1.54, 1.807) is 4.90 Å². The highest BCUT2D eigenvalue weighted by Crippen LogP contribution is 2.39. The van der Waals surface area contributed by atoms with Crippen molar-refractivity contribution < 1.29 is 33.6 Å². The lowest BCUT2D eigenvalue weighted by Crippen LogP contribution is -2.59. The molecule has 2 saturated heterocycles. The molecule has 0 aromatic heterocycles. The largest absolute Gasteiger partial charge is 0.401 e. The summed E-state index contributed by atoms with van der Waals surface area (Å²) in [5, 5.41) is 10.1. The molecule has 1 spiro atoms. The molecule has 0 bridgehead atoms. The Morgan fingerprint density at radius 2 is 1.80 bits per heavy atom. The number of carbonyl (C=O) groups is 1. The van der Waals surface area contributed by atoms with Gasteiger partial charge in [0.25, 0.3) is 5.91 Å². The standard InChI is InChI=1S/C26H30F4N2O3.H2/c1-24(2,34)20-9-8-19(14-21(20)27)23(33)32-12-10-25(11-13-32)16-31(17-26(28,29)30)15-22(35-25)18-6-4-3-5-7-18;/h3-9,14,22,34H,10-13,15-17H2,1-2H3;1H. The second kappa shape index (κ2) is 9.52. The van der Waals surface area contributed by atoms with Crippen LogP contribution in [0.1, 0.15) is 55.7 Å². The average Bonchev–Trinajstić information content (AvgIpc) is 2.77. The van der Waals surface area contributed by atoms with E-state index in [1.165, 1.54) is 30.9 Å². The first-order valence-corrected chi connectivity index (χ1v) is 11.7. The van der Waals surface area contributed by atoms with E-state index >= 15 is 0 Å². The number of aliphatic hydroxyl groups is 1. The van der Waals surface area contributed by atoms with Gasteiger partial charge in [0, 0.05) is 38.7 Å². The van der Waals surface area contributed by atoms with Crippen molar-refractivity contribution in [2.24, 2.45) is 0 Å². The Bertz CT molecular complexity index is 1050. The van der Waals surface area contributed by atoms with E-state index in [-0.39, 0.29) is 44.6 Å². The molecule has 1 N–H and O–H groups in total. The first-order chi connectivity index (χ1) is 16.4. The fraction of sp³-hybridized carbons (Fsp3) is 0.500. The molecule has 2 aromatic carbocycles. The molecule has 2 aliphatic heterocycles. The third kappa shape index (κ3) is 6.02. The van der Waals surface area contributed by atoms with Gasteiger partial charge in [0.15, 0.2) is 0 Å². The van der Waals surface area contributed by atoms with Gasteiger partial charge in [0.05, 0.1) is 23.9 Å². The van der Waals surface area contributed by atoms with Crippen LogP contribution in [-0.4, -0.2) is 65.3 Å². The molecule has 4 rings (SSSR count). The number of morpholine rings is 1. The van der Waals surface area contributed by atoms with Crippen LogP contribution in [0.5, 0.6) is 0 Å². The number of ether oxygens (including phenoxy) is 1. The summed E-state index contributed by atoms with van der Waals surface area (Å²) < 4.78 is 60.6. The normalized spacial score (nSPS) is 21.3. The number of piperidine rings is 1. The molecule has 2 aliphatic rings. The molecule has 35 heavy (non-hydrogen) atoms. The number of likely N-dealkylation sites (tertiary alicyclic amines) is 1. The monoisotopic (exact) mass is 496 g/mol. The van der Waals surface area contributed by atoms with Crippen LogP contribution in [0.25, 0.3) is 0 Å². The summed E-state index contributed by atoms with van der Waals surface area (Å²) in [7, 11) is 0. The van der Waals surface area contributed by atoms with Gasteiger partial charge in [-0.05, 0) is 44.4 Å². The minimum atomic E-state index is -4.32. The number of hydrogen-bond acceptors (Lipinski definition) is 4. The van der Waals surface area contributed by atoms with Gasteiger partial charge in [-0.15, -0.1) is 0 Å². The van der Waals surface area contributed by atoms with Crippen molar-refractivity contribution in [2.45, 2.75) is 50.2 Å². The number of benzene rings is 2. The van der Waals surface area contributed by atoms with Gasteiger partial charge >= 0.3 is 6.18 Å². The van der Waals surface area contributed by atoms with Crippen LogP contribution >= 0.6 is 0 Å². The Hall–Kier alpha value is -2.49. The Kier molecular flexibility index (Phi) is 6.96. The van der Waals surface area contributed by atoms with Gasteiger partial charge in [-0.25, -0.2) is 4.39 Å². The number of alkyl halides is 3. The van der Waals surface area contributed by atoms with Crippen LogP contribution < -0.4 is 0 Å². The summed E-state index contributed by atoms with van der Waals surface area (Å²) in [4.78, 5) is 16.0. The number of nitrogens with zero attached hydrogens (tertiary/aromatic N) is 2. The summed E-state index contributed by atoms with van der Waals surface area (Å²) in [5.74, 6) is -1.02. The predicted octanol–water partition coefficient (Wildman–Crippen LogP) is 4.91. The van der Waals surface area contributed by atoms with E-state index in [4.69, 9.17) is 4.74 Å². The maximum atomic E-state index is 14.5. The van der Waals surface area contributed by atoms with Gasteiger partial charge in [-0.1, -0.05) is 36.4 Å². The third-order valence-corrected chi connectivity index (χ3v) is 6.74. The molecule has 0 radical (unpaired) electrons. The molecule has 9 heteroatoms. The number of carbonyl (C=O) groups excluding carboxylic acids is 1. The lowest BCUT2D eigenvalue weighted by atomic mass is 9.87. The molecular formula is C26H32F4N2O3. The summed E-state index contributed by atoms with van der Waals surface area (Å²) in [6, 6.07) is 13.2. The Balaban J connectivity index is 0.00000361. The molecule has 2 aromatic rings. The van der Waals surface area contributed by atoms with E-state index < -0.39 is 35.8 Å². The average molecular weight is 497 g/mol. The number of amides is 1. The zero-order valence-corrected chi connectivity index (χ0v) is 19.8. The molecule has 0 saturated carbocycles. The van der Waals surface area contributed by atoms with Crippen molar-refractivity contribution in [1.29, 1.82) is 0 Å². The molecule has 1 atom stereocenters. The highest BCUT2D eigenvalue weighted by molar-refractivity contribution is 5.94. The van der Waals surface area contributed by atoms with Crippen molar-refractivity contribution in [1.82, 2.24) is 9.80 Å². The second-order valence-corrected chi connectivity index (χ2v) is 10.0. The molecule has 2 heterocycles. The summed E-state index contributed by atoms with van der Waals surface area (Å²) >= 11 is 0. The van der Waals surface area contributed by atoms with E-state index in [2.05, 4.69) is 0 Å². The van der Waals surface area contributed by atoms with Crippen LogP contribution in [0.3, 0.4) is 0 Å². The molecule has 1 amide bonds. The van der Waals surface area contributed by atoms with Crippen LogP contribution in [0, 0.1) is 5.82 Å². The number of rotatable bonds is 4. The zero-order valence-electron chi connectivity index (χ0n) is 19.8. The molecule has 1 unspecified atom stereocenters. The highest BCUT2D eigenvalue weighted by Gasteiger charge is 2.46. The molecule has 0 aliphatic carbocycles. The van der Waals surface area contributed by atoms with E-state index in [1.807, 2.05) is 30.3 Å². The third-order valence-electron chi connectivity index (χ3n) is 6.74. The van der Waals surface area contributed by atoms with Crippen molar-refractivity contribution in [3.05, 3.63) is 71.0 Å². The maximum absolute atomic E-state index is 14.5. The maximum Gasteiger partial charge on any atom is 0.401 e. The second-order valence-electron chi connectivity index (χ2n) is 10.0. The highest BCUT2D eigenvalue weighted by atomic mass is 19.4. The zero-order chi connectivity index (χ0) is 25.4. The van der Waals surface area contributed by atoms with Gasteiger partial charge in [-0.3, -0.25) is 9.69 Å². The minimum absolute atomic E-state index is 0. The van der Waals surface area contributed by atoms with Crippen LogP contribution in [0.15, 0.2) is 48.5 Å². The van der Waals surface area contributed by atoms with E-state index in [9.17, 15) is 27.5 Å². The summed E-state index contributed by atoms with van der Waals surface area (Å²) in [6.45, 7) is 2.76. The van der Waals surface area contributed by atoms with Crippen molar-refractivity contribution in [2.75, 3.05) is 32.7 Å². The Labute approximate surface area is 203 Å². The van der Waals surface area contributed by atoms with Gasteiger partial charge in [0.1, 0.15) is 5.82 Å². The number of halogens is 4. The molecule has 192 valence electrons. The molecule has 2 fully saturated rings. The summed E-state index contributed by atoms with van der Waals surface area (Å²) in [5.41, 5.74) is -1.11. The lowest BCUT2D eigenvalue weighted by Gasteiger charge is -2.50. The van der Waals surface area contributed by atoms with Crippen molar-refractivity contribution >= 4 is 5.91 Å². The van der Waals surface area contributed by atoms with E-state index in [0.29, 0.717) is 12.8 Å². The first-order valence-electron chi connectivity index (χ1n) is 11.7. The fourth-order valence-corrected chi connectivity index (χ4v) is 5.02. The Morgan fingerprint density at radius 3 is 2.37 bits per heavy atom. The molecule has 5 nitrogen and oxygen atoms in total. The fourth-order valence-electron chi connectivity index (χ4n) is 5.02. The smallest absolute Gasteiger partial charge is 0.386 e. The quantitative estimate of drug-likeness (QED) is 0.612. The van der Waals surface area contributed by atoms with E-state index in [0.717, 1.165) is 11.6 Å². The molecular weight excluding hydrogens is 464 g/mol. The van der Waals surface area contributed by atoms with Crippen LogP contribution in [0.2, 0.25) is 0 Å². The van der Waals surface area contributed by atoms with Crippen molar-refractivity contribution in [3.8, 4) is 0 Å². The topological polar surface area (TPSA) is 53.0 Å².